The van der Waals surface area contributed by atoms with Gasteiger partial charge in [0, 0.05) is 77.9 Å². The van der Waals surface area contributed by atoms with Crippen molar-refractivity contribution in [3.8, 4) is 89.3 Å². The van der Waals surface area contributed by atoms with Crippen LogP contribution in [0.5, 0.6) is 0 Å². The van der Waals surface area contributed by atoms with Gasteiger partial charge < -0.3 is 18.9 Å². The molecule has 0 N–H and O–H groups in total. The first kappa shape index (κ1) is 60.6. The van der Waals surface area contributed by atoms with E-state index in [-0.39, 0.29) is 39.3 Å². The van der Waals surface area contributed by atoms with Gasteiger partial charge >= 0.3 is 0 Å². The average molecular weight is 1460 g/mol. The fourth-order valence-corrected chi connectivity index (χ4v) is 17.6. The molecule has 4 nitrogen and oxygen atoms in total. The molecule has 2 aromatic heterocycles. The molecule has 113 heavy (non-hydrogen) atoms. The number of aromatic nitrogens is 2. The van der Waals surface area contributed by atoms with E-state index in [0.717, 1.165) is 156 Å². The Labute approximate surface area is 675 Å². The highest BCUT2D eigenvalue weighted by atomic mass is 15.2. The van der Waals surface area contributed by atoms with Crippen LogP contribution in [0.25, 0.3) is 133 Å². The summed E-state index contributed by atoms with van der Waals surface area (Å²) in [5, 5.41) is 2.40. The fourth-order valence-electron chi connectivity index (χ4n) is 17.6. The van der Waals surface area contributed by atoms with E-state index in [9.17, 15) is 11.0 Å². The van der Waals surface area contributed by atoms with E-state index in [1.54, 1.807) is 4.57 Å². The predicted octanol–water partition coefficient (Wildman–Crippen LogP) is 27.5. The number of fused-ring (bicyclic) bond motifs is 10. The van der Waals surface area contributed by atoms with E-state index < -0.39 is 53.8 Å². The molecule has 0 radical (unpaired) electrons. The fraction of sp³-hybridized carbons (Fsp3) is 0.111. The third kappa shape index (κ3) is 11.7. The minimum atomic E-state index is -0.525. The highest BCUT2D eigenvalue weighted by Gasteiger charge is 2.47. The first-order valence-electron chi connectivity index (χ1n) is 43.3. The van der Waals surface area contributed by atoms with Crippen molar-refractivity contribution in [2.24, 2.45) is 0 Å². The van der Waals surface area contributed by atoms with E-state index in [1.807, 2.05) is 6.07 Å². The number of rotatable bonds is 11. The van der Waals surface area contributed by atoms with Crippen molar-refractivity contribution in [2.45, 2.75) is 78.6 Å². The first-order chi connectivity index (χ1) is 58.3. The molecule has 542 valence electrons. The molecule has 18 aromatic rings. The van der Waals surface area contributed by atoms with Crippen LogP contribution in [0.1, 0.15) is 90.0 Å². The normalized spacial score (nSPS) is 13.8. The van der Waals surface area contributed by atoms with Gasteiger partial charge in [0.25, 0.3) is 6.71 Å². The average Bonchev–Trinajstić information content (AvgIpc) is 1.38. The van der Waals surface area contributed by atoms with Crippen LogP contribution in [0, 0.1) is 0 Å². The summed E-state index contributed by atoms with van der Waals surface area (Å²) in [5.74, 6) is 0. The van der Waals surface area contributed by atoms with Crippen molar-refractivity contribution < 1.29 is 11.0 Å². The third-order valence-corrected chi connectivity index (χ3v) is 23.4. The maximum atomic E-state index is 10.00. The van der Waals surface area contributed by atoms with Gasteiger partial charge in [0.2, 0.25) is 0 Å². The van der Waals surface area contributed by atoms with E-state index in [4.69, 9.17) is 0 Å². The van der Waals surface area contributed by atoms with Crippen LogP contribution in [-0.2, 0) is 16.2 Å². The number of anilines is 6. The summed E-state index contributed by atoms with van der Waals surface area (Å²) in [7, 11) is 0. The predicted molar refractivity (Wildman–Crippen MR) is 483 cm³/mol. The first-order valence-corrected chi connectivity index (χ1v) is 39.3. The second-order valence-electron chi connectivity index (χ2n) is 33.5. The van der Waals surface area contributed by atoms with Crippen molar-refractivity contribution >= 4 is 101 Å². The van der Waals surface area contributed by atoms with Crippen LogP contribution in [0.4, 0.5) is 34.1 Å². The highest BCUT2D eigenvalue weighted by molar-refractivity contribution is 7.00. The zero-order valence-electron chi connectivity index (χ0n) is 72.9. The topological polar surface area (TPSA) is 16.3 Å². The molecule has 0 fully saturated rings. The Hall–Kier alpha value is -13.2. The van der Waals surface area contributed by atoms with Gasteiger partial charge in [-0.05, 0) is 208 Å². The Morgan fingerprint density at radius 1 is 0.248 bits per heavy atom. The van der Waals surface area contributed by atoms with Crippen molar-refractivity contribution in [3.05, 3.63) is 380 Å². The molecular formula is C108H87BN4. The standard InChI is InChI=1S/C108H87BN4/c1-106(2,3)80-63-89(73-36-18-12-19-37-73)104(90(64-80)74-38-20-13-21-39-74)112-99-62-77(72-52-55-83(56-53-72)110-95-48-26-22-44-85(95)86-45-23-27-49-96(86)110)54-58-93(99)109-94-59-57-84(111-97-50-28-24-46-87(97)88-47-25-29-51-98(88)111)69-100(94)113(102-68-82(108(7,8)9)67-101(112)103(102)109)105-91(78-42-30-40-75(60-78)70-32-14-10-15-33-70)65-81(107(4,5)6)66-92(105)79-43-31-41-76(61-79)71-34-16-11-17-35-71/h10-69H,1-9H3/i24D,25D,28D,29D,46D,47D,50D,51D. The summed E-state index contributed by atoms with van der Waals surface area (Å²) in [5.41, 5.74) is 28.8. The van der Waals surface area contributed by atoms with Crippen molar-refractivity contribution in [3.63, 3.8) is 0 Å². The molecule has 5 heteroatoms. The second kappa shape index (κ2) is 26.8. The largest absolute Gasteiger partial charge is 0.310 e. The lowest BCUT2D eigenvalue weighted by Gasteiger charge is -2.47. The second-order valence-corrected chi connectivity index (χ2v) is 33.5. The quantitative estimate of drug-likeness (QED) is 0.120. The molecule has 0 amide bonds. The van der Waals surface area contributed by atoms with Gasteiger partial charge in [-0.25, -0.2) is 0 Å². The van der Waals surface area contributed by atoms with E-state index in [2.05, 4.69) is 386 Å². The number of nitrogens with zero attached hydrogens (tertiary/aromatic N) is 4. The van der Waals surface area contributed by atoms with E-state index in [1.165, 1.54) is 16.3 Å². The molecule has 0 spiro atoms. The van der Waals surface area contributed by atoms with Crippen LogP contribution in [0.2, 0.25) is 0 Å². The number of benzene rings is 16. The van der Waals surface area contributed by atoms with E-state index >= 15 is 0 Å². The van der Waals surface area contributed by atoms with Crippen LogP contribution < -0.4 is 26.2 Å². The molecule has 2 aliphatic heterocycles. The summed E-state index contributed by atoms with van der Waals surface area (Å²) >= 11 is 0. The molecule has 0 aliphatic carbocycles. The van der Waals surface area contributed by atoms with Gasteiger partial charge in [0.1, 0.15) is 0 Å². The maximum absolute atomic E-state index is 10.00. The van der Waals surface area contributed by atoms with Gasteiger partial charge in [-0.15, -0.1) is 0 Å². The SMILES string of the molecule is [2H]c1c([2H])c([2H])c2c(c1[2H])c1c([2H])c([2H])c([2H])c([2H])c1n2-c1ccc2c(c1)N(c1c(-c3cccc(-c4ccccc4)c3)cc(C(C)(C)C)cc1-c1cccc(-c3ccccc3)c1)c1cc(C(C)(C)C)cc3c1B2c1ccc(-c2ccc(-n4c5ccccc5c5ccccc54)cc2)cc1N3c1c(-c2ccccc2)cc(C(C)(C)C)cc1-c1ccccc1. The van der Waals surface area contributed by atoms with Crippen LogP contribution in [0.3, 0.4) is 0 Å². The zero-order valence-corrected chi connectivity index (χ0v) is 64.9. The van der Waals surface area contributed by atoms with Gasteiger partial charge in [-0.1, -0.05) is 323 Å². The van der Waals surface area contributed by atoms with Crippen molar-refractivity contribution in [1.82, 2.24) is 9.13 Å². The minimum Gasteiger partial charge on any atom is -0.310 e. The van der Waals surface area contributed by atoms with Gasteiger partial charge in [-0.3, -0.25) is 0 Å². The Morgan fingerprint density at radius 2 is 0.584 bits per heavy atom. The molecule has 0 bridgehead atoms. The minimum absolute atomic E-state index is 0.00468. The summed E-state index contributed by atoms with van der Waals surface area (Å²) in [6.45, 7) is 20.1. The zero-order chi connectivity index (χ0) is 83.6. The third-order valence-electron chi connectivity index (χ3n) is 23.4. The maximum Gasteiger partial charge on any atom is 0.252 e. The summed E-state index contributed by atoms with van der Waals surface area (Å²) < 4.78 is 80.7. The molecule has 0 saturated heterocycles. The Bertz CT molecular complexity index is 7010. The van der Waals surface area contributed by atoms with Gasteiger partial charge in [-0.2, -0.15) is 0 Å². The smallest absolute Gasteiger partial charge is 0.252 e. The number of hydrogen-bond acceptors (Lipinski definition) is 2. The van der Waals surface area contributed by atoms with Crippen molar-refractivity contribution in [1.29, 1.82) is 0 Å². The lowest BCUT2D eigenvalue weighted by molar-refractivity contribution is 0.590. The molecule has 4 heterocycles. The molecule has 0 unspecified atom stereocenters. The monoisotopic (exact) mass is 1460 g/mol. The summed E-state index contributed by atoms with van der Waals surface area (Å²) in [6, 6.07) is 111. The van der Waals surface area contributed by atoms with Gasteiger partial charge in [0.15, 0.2) is 0 Å². The Kier molecular flexibility index (Phi) is 14.4. The van der Waals surface area contributed by atoms with Crippen molar-refractivity contribution in [2.75, 3.05) is 9.80 Å². The number of hydrogen-bond donors (Lipinski definition) is 0. The molecule has 2 aliphatic rings. The molecule has 0 saturated carbocycles. The van der Waals surface area contributed by atoms with Crippen LogP contribution in [-0.4, -0.2) is 15.8 Å². The molecule has 20 rings (SSSR count). The van der Waals surface area contributed by atoms with E-state index in [0.29, 0.717) is 5.69 Å². The van der Waals surface area contributed by atoms with Crippen LogP contribution in [0.15, 0.2) is 364 Å². The lowest BCUT2D eigenvalue weighted by atomic mass is 9.33. The molecule has 16 aromatic carbocycles. The molecule has 0 atom stereocenters. The Balaban J connectivity index is 0.962. The number of para-hydroxylation sites is 4. The van der Waals surface area contributed by atoms with Crippen LogP contribution >= 0.6 is 0 Å². The highest BCUT2D eigenvalue weighted by Crippen LogP contribution is 2.56. The van der Waals surface area contributed by atoms with Gasteiger partial charge in [0.05, 0.1) is 44.4 Å². The summed E-state index contributed by atoms with van der Waals surface area (Å²) in [6.07, 6.45) is 0. The molecular weight excluding hydrogens is 1360 g/mol. The lowest BCUT2D eigenvalue weighted by Crippen LogP contribution is -2.61. The Morgan fingerprint density at radius 3 is 1.04 bits per heavy atom. The summed E-state index contributed by atoms with van der Waals surface area (Å²) in [4.78, 5) is 5.11.